The molecule has 26 heavy (non-hydrogen) atoms. The zero-order valence-electron chi connectivity index (χ0n) is 15.6. The molecular weight excluding hydrogens is 348 g/mol. The molecule has 5 heteroatoms. The van der Waals surface area contributed by atoms with Gasteiger partial charge in [-0.2, -0.15) is 0 Å². The topological polar surface area (TPSA) is 44.8 Å². The second-order valence-corrected chi connectivity index (χ2v) is 6.89. The van der Waals surface area contributed by atoms with Crippen molar-refractivity contribution in [1.29, 1.82) is 0 Å². The van der Waals surface area contributed by atoms with Gasteiger partial charge in [0, 0.05) is 16.9 Å². The summed E-state index contributed by atoms with van der Waals surface area (Å²) in [5.74, 6) is 0.368. The van der Waals surface area contributed by atoms with E-state index in [-0.39, 0.29) is 12.6 Å². The first kappa shape index (κ1) is 20.3. The Morgan fingerprint density at radius 1 is 1.08 bits per heavy atom. The SMILES string of the molecule is CCOC(=O)COc1ccc(CCCOSc2ccc(C)cc2)cc1C. The molecule has 0 atom stereocenters. The van der Waals surface area contributed by atoms with Crippen LogP contribution < -0.4 is 4.74 Å². The number of carbonyl (C=O) groups excluding carboxylic acids is 1. The van der Waals surface area contributed by atoms with Gasteiger partial charge in [-0.05, 0) is 62.9 Å². The molecule has 0 aliphatic heterocycles. The fourth-order valence-corrected chi connectivity index (χ4v) is 2.99. The van der Waals surface area contributed by atoms with E-state index in [9.17, 15) is 4.79 Å². The zero-order valence-corrected chi connectivity index (χ0v) is 16.4. The van der Waals surface area contributed by atoms with E-state index in [1.165, 1.54) is 23.2 Å². The standard InChI is InChI=1S/C21H26O4S/c1-4-23-21(22)15-24-20-12-9-18(14-17(20)3)6-5-13-25-26-19-10-7-16(2)8-11-19/h7-12,14H,4-6,13,15H2,1-3H3. The summed E-state index contributed by atoms with van der Waals surface area (Å²) in [4.78, 5) is 12.5. The predicted molar refractivity (Wildman–Crippen MR) is 105 cm³/mol. The molecule has 0 heterocycles. The molecule has 0 saturated heterocycles. The molecule has 0 spiro atoms. The first-order valence-corrected chi connectivity index (χ1v) is 9.56. The van der Waals surface area contributed by atoms with Crippen molar-refractivity contribution in [2.45, 2.75) is 38.5 Å². The van der Waals surface area contributed by atoms with Crippen LogP contribution in [0.3, 0.4) is 0 Å². The number of ether oxygens (including phenoxy) is 2. The van der Waals surface area contributed by atoms with Gasteiger partial charge in [0.05, 0.1) is 13.2 Å². The Morgan fingerprint density at radius 3 is 2.54 bits per heavy atom. The van der Waals surface area contributed by atoms with Gasteiger partial charge in [-0.25, -0.2) is 4.79 Å². The highest BCUT2D eigenvalue weighted by molar-refractivity contribution is 7.94. The summed E-state index contributed by atoms with van der Waals surface area (Å²) in [7, 11) is 0. The molecule has 0 radical (unpaired) electrons. The minimum Gasteiger partial charge on any atom is -0.482 e. The lowest BCUT2D eigenvalue weighted by Gasteiger charge is -2.10. The highest BCUT2D eigenvalue weighted by atomic mass is 32.2. The van der Waals surface area contributed by atoms with E-state index < -0.39 is 0 Å². The molecule has 0 aromatic heterocycles. The van der Waals surface area contributed by atoms with Crippen molar-refractivity contribution in [3.05, 3.63) is 59.2 Å². The van der Waals surface area contributed by atoms with Gasteiger partial charge < -0.3 is 13.7 Å². The Kier molecular flexibility index (Phi) is 8.51. The predicted octanol–water partition coefficient (Wildman–Crippen LogP) is 4.90. The van der Waals surface area contributed by atoms with Gasteiger partial charge in [-0.1, -0.05) is 29.8 Å². The Labute approximate surface area is 160 Å². The van der Waals surface area contributed by atoms with Crippen molar-refractivity contribution in [1.82, 2.24) is 0 Å². The number of aryl methyl sites for hydroxylation is 3. The summed E-state index contributed by atoms with van der Waals surface area (Å²) in [6.07, 6.45) is 1.88. The van der Waals surface area contributed by atoms with Gasteiger partial charge in [0.25, 0.3) is 0 Å². The Balaban J connectivity index is 1.70. The smallest absolute Gasteiger partial charge is 0.344 e. The summed E-state index contributed by atoms with van der Waals surface area (Å²) < 4.78 is 16.0. The third kappa shape index (κ3) is 7.10. The fourth-order valence-electron chi connectivity index (χ4n) is 2.41. The van der Waals surface area contributed by atoms with Crippen LogP contribution in [0.25, 0.3) is 0 Å². The van der Waals surface area contributed by atoms with Gasteiger partial charge in [0.2, 0.25) is 0 Å². The van der Waals surface area contributed by atoms with Crippen LogP contribution in [0.15, 0.2) is 47.4 Å². The lowest BCUT2D eigenvalue weighted by atomic mass is 10.1. The zero-order chi connectivity index (χ0) is 18.8. The number of esters is 1. The lowest BCUT2D eigenvalue weighted by molar-refractivity contribution is -0.145. The van der Waals surface area contributed by atoms with Crippen LogP contribution in [0, 0.1) is 13.8 Å². The quantitative estimate of drug-likeness (QED) is 0.336. The number of hydrogen-bond acceptors (Lipinski definition) is 5. The van der Waals surface area contributed by atoms with E-state index in [2.05, 4.69) is 37.3 Å². The van der Waals surface area contributed by atoms with Crippen LogP contribution in [0.1, 0.15) is 30.0 Å². The van der Waals surface area contributed by atoms with Gasteiger partial charge in [0.15, 0.2) is 6.61 Å². The molecule has 0 fully saturated rings. The third-order valence-electron chi connectivity index (χ3n) is 3.76. The minimum atomic E-state index is -0.348. The van der Waals surface area contributed by atoms with Gasteiger partial charge in [-0.15, -0.1) is 0 Å². The Bertz CT molecular complexity index is 698. The molecule has 2 aromatic rings. The monoisotopic (exact) mass is 374 g/mol. The molecular formula is C21H26O4S. The van der Waals surface area contributed by atoms with Crippen molar-refractivity contribution < 1.29 is 18.5 Å². The average Bonchev–Trinajstić information content (AvgIpc) is 2.62. The Hall–Kier alpha value is -1.98. The van der Waals surface area contributed by atoms with E-state index >= 15 is 0 Å². The number of carbonyl (C=O) groups is 1. The van der Waals surface area contributed by atoms with Crippen LogP contribution in [0.5, 0.6) is 5.75 Å². The van der Waals surface area contributed by atoms with Crippen LogP contribution >= 0.6 is 12.0 Å². The van der Waals surface area contributed by atoms with Gasteiger partial charge in [0.1, 0.15) is 5.75 Å². The van der Waals surface area contributed by atoms with Crippen molar-refractivity contribution in [2.24, 2.45) is 0 Å². The van der Waals surface area contributed by atoms with Crippen LogP contribution in [0.4, 0.5) is 0 Å². The normalized spacial score (nSPS) is 10.6. The molecule has 0 aliphatic rings. The van der Waals surface area contributed by atoms with E-state index in [0.29, 0.717) is 19.0 Å². The molecule has 2 aromatic carbocycles. The number of benzene rings is 2. The second kappa shape index (κ2) is 10.9. The maximum Gasteiger partial charge on any atom is 0.344 e. The lowest BCUT2D eigenvalue weighted by Crippen LogP contribution is -2.15. The van der Waals surface area contributed by atoms with Crippen molar-refractivity contribution in [3.8, 4) is 5.75 Å². The second-order valence-electron chi connectivity index (χ2n) is 6.02. The van der Waals surface area contributed by atoms with Gasteiger partial charge in [-0.3, -0.25) is 0 Å². The maximum atomic E-state index is 11.4. The summed E-state index contributed by atoms with van der Waals surface area (Å²) in [6, 6.07) is 14.3. The largest absolute Gasteiger partial charge is 0.482 e. The molecule has 2 rings (SSSR count). The van der Waals surface area contributed by atoms with Crippen LogP contribution in [-0.2, 0) is 20.1 Å². The molecule has 0 unspecified atom stereocenters. The van der Waals surface area contributed by atoms with Gasteiger partial charge >= 0.3 is 5.97 Å². The van der Waals surface area contributed by atoms with E-state index in [0.717, 1.165) is 23.3 Å². The molecule has 140 valence electrons. The number of rotatable bonds is 10. The first-order chi connectivity index (χ1) is 12.6. The highest BCUT2D eigenvalue weighted by Crippen LogP contribution is 2.22. The van der Waals surface area contributed by atoms with Crippen molar-refractivity contribution in [2.75, 3.05) is 19.8 Å². The molecule has 0 saturated carbocycles. The summed E-state index contributed by atoms with van der Waals surface area (Å²) >= 11 is 1.42. The minimum absolute atomic E-state index is 0.0574. The highest BCUT2D eigenvalue weighted by Gasteiger charge is 2.06. The van der Waals surface area contributed by atoms with E-state index in [4.69, 9.17) is 13.7 Å². The third-order valence-corrected chi connectivity index (χ3v) is 4.51. The van der Waals surface area contributed by atoms with E-state index in [1.54, 1.807) is 6.92 Å². The number of hydrogen-bond donors (Lipinski definition) is 0. The molecule has 0 N–H and O–H groups in total. The maximum absolute atomic E-state index is 11.4. The molecule has 0 bridgehead atoms. The molecule has 0 aliphatic carbocycles. The summed E-state index contributed by atoms with van der Waals surface area (Å²) in [5.41, 5.74) is 3.50. The molecule has 0 amide bonds. The van der Waals surface area contributed by atoms with Crippen LogP contribution in [0.2, 0.25) is 0 Å². The summed E-state index contributed by atoms with van der Waals surface area (Å²) in [5, 5.41) is 0. The average molecular weight is 375 g/mol. The van der Waals surface area contributed by atoms with E-state index in [1.807, 2.05) is 19.1 Å². The van der Waals surface area contributed by atoms with Crippen molar-refractivity contribution in [3.63, 3.8) is 0 Å². The molecule has 4 nitrogen and oxygen atoms in total. The fraction of sp³-hybridized carbons (Fsp3) is 0.381. The van der Waals surface area contributed by atoms with Crippen molar-refractivity contribution >= 4 is 18.0 Å². The van der Waals surface area contributed by atoms with Crippen LogP contribution in [-0.4, -0.2) is 25.8 Å². The summed E-state index contributed by atoms with van der Waals surface area (Å²) in [6.45, 7) is 6.83. The Morgan fingerprint density at radius 2 is 1.85 bits per heavy atom. The first-order valence-electron chi connectivity index (χ1n) is 8.82.